The van der Waals surface area contributed by atoms with E-state index in [1.807, 2.05) is 30.9 Å². The number of sulfonamides is 1. The molecule has 0 saturated carbocycles. The summed E-state index contributed by atoms with van der Waals surface area (Å²) in [5, 5.41) is 5.90. The Morgan fingerprint density at radius 2 is 1.91 bits per heavy atom. The first kappa shape index (κ1) is 25.0. The summed E-state index contributed by atoms with van der Waals surface area (Å²) in [6.45, 7) is 4.53. The van der Waals surface area contributed by atoms with Gasteiger partial charge in [0, 0.05) is 37.9 Å². The SMILES string of the molecule is CC(C)NC(=O)c1cccc2c1CCCN2CC(=O)Nc1cc(S(=O)(=O)N(C)C)ccc1Cl. The second-order valence-electron chi connectivity index (χ2n) is 8.43. The largest absolute Gasteiger partial charge is 0.362 e. The number of rotatable bonds is 7. The lowest BCUT2D eigenvalue weighted by Crippen LogP contribution is -2.38. The normalized spacial score (nSPS) is 13.7. The molecular formula is C23H29ClN4O4S. The number of nitrogens with one attached hydrogen (secondary N) is 2. The van der Waals surface area contributed by atoms with Crippen molar-refractivity contribution in [3.8, 4) is 0 Å². The van der Waals surface area contributed by atoms with Crippen molar-refractivity contribution >= 4 is 44.8 Å². The first-order chi connectivity index (χ1) is 15.5. The Balaban J connectivity index is 1.80. The molecule has 0 bridgehead atoms. The van der Waals surface area contributed by atoms with Gasteiger partial charge < -0.3 is 15.5 Å². The van der Waals surface area contributed by atoms with Crippen molar-refractivity contribution in [3.05, 3.63) is 52.5 Å². The second kappa shape index (κ2) is 10.1. The first-order valence-corrected chi connectivity index (χ1v) is 12.5. The molecule has 0 aliphatic carbocycles. The second-order valence-corrected chi connectivity index (χ2v) is 11.0. The molecule has 0 spiro atoms. The van der Waals surface area contributed by atoms with Crippen LogP contribution in [-0.4, -0.2) is 57.8 Å². The van der Waals surface area contributed by atoms with Gasteiger partial charge >= 0.3 is 0 Å². The summed E-state index contributed by atoms with van der Waals surface area (Å²) in [5.41, 5.74) is 2.62. The highest BCUT2D eigenvalue weighted by Crippen LogP contribution is 2.31. The fourth-order valence-corrected chi connectivity index (χ4v) is 4.85. The standard InChI is InChI=1S/C23H29ClN4O4S/c1-15(2)25-23(30)18-7-5-9-21-17(18)8-6-12-28(21)14-22(29)26-20-13-16(10-11-19(20)24)33(31,32)27(3)4/h5,7,9-11,13,15H,6,8,12,14H2,1-4H3,(H,25,30)(H,26,29). The molecular weight excluding hydrogens is 464 g/mol. The molecule has 1 heterocycles. The van der Waals surface area contributed by atoms with E-state index >= 15 is 0 Å². The number of carbonyl (C=O) groups excluding carboxylic acids is 2. The number of halogens is 1. The predicted octanol–water partition coefficient (Wildman–Crippen LogP) is 3.12. The van der Waals surface area contributed by atoms with Crippen molar-refractivity contribution in [1.82, 2.24) is 9.62 Å². The minimum atomic E-state index is -3.67. The third-order valence-electron chi connectivity index (χ3n) is 5.34. The number of benzene rings is 2. The van der Waals surface area contributed by atoms with E-state index in [0.29, 0.717) is 12.1 Å². The third kappa shape index (κ3) is 5.66. The van der Waals surface area contributed by atoms with Crippen LogP contribution in [-0.2, 0) is 21.2 Å². The summed E-state index contributed by atoms with van der Waals surface area (Å²) in [7, 11) is -0.793. The fraction of sp³-hybridized carbons (Fsp3) is 0.391. The topological polar surface area (TPSA) is 98.8 Å². The summed E-state index contributed by atoms with van der Waals surface area (Å²) in [6, 6.07) is 9.75. The summed E-state index contributed by atoms with van der Waals surface area (Å²) in [4.78, 5) is 27.4. The number of hydrogen-bond acceptors (Lipinski definition) is 5. The molecule has 2 aromatic rings. The number of nitrogens with zero attached hydrogens (tertiary/aromatic N) is 2. The van der Waals surface area contributed by atoms with E-state index in [0.717, 1.165) is 28.4 Å². The molecule has 0 radical (unpaired) electrons. The van der Waals surface area contributed by atoms with Crippen LogP contribution in [0.3, 0.4) is 0 Å². The number of hydrogen-bond donors (Lipinski definition) is 2. The highest BCUT2D eigenvalue weighted by atomic mass is 35.5. The van der Waals surface area contributed by atoms with Gasteiger partial charge in [0.2, 0.25) is 15.9 Å². The van der Waals surface area contributed by atoms with E-state index < -0.39 is 10.0 Å². The maximum Gasteiger partial charge on any atom is 0.251 e. The zero-order chi connectivity index (χ0) is 24.3. The number of amides is 2. The zero-order valence-electron chi connectivity index (χ0n) is 19.2. The third-order valence-corrected chi connectivity index (χ3v) is 7.48. The van der Waals surface area contributed by atoms with Gasteiger partial charge in [-0.3, -0.25) is 9.59 Å². The van der Waals surface area contributed by atoms with Crippen LogP contribution in [0, 0.1) is 0 Å². The first-order valence-electron chi connectivity index (χ1n) is 10.7. The molecule has 8 nitrogen and oxygen atoms in total. The summed E-state index contributed by atoms with van der Waals surface area (Å²) in [5.74, 6) is -0.458. The van der Waals surface area contributed by atoms with Crippen molar-refractivity contribution in [2.45, 2.75) is 37.6 Å². The number of anilines is 2. The Bertz CT molecular complexity index is 1170. The number of fused-ring (bicyclic) bond motifs is 1. The van der Waals surface area contributed by atoms with Gasteiger partial charge in [0.05, 0.1) is 22.2 Å². The Morgan fingerprint density at radius 3 is 2.58 bits per heavy atom. The van der Waals surface area contributed by atoms with E-state index in [-0.39, 0.29) is 40.0 Å². The van der Waals surface area contributed by atoms with Crippen molar-refractivity contribution in [2.24, 2.45) is 0 Å². The van der Waals surface area contributed by atoms with E-state index in [1.54, 1.807) is 6.07 Å². The summed E-state index contributed by atoms with van der Waals surface area (Å²) in [6.07, 6.45) is 1.56. The quantitative estimate of drug-likeness (QED) is 0.618. The zero-order valence-corrected chi connectivity index (χ0v) is 20.8. The molecule has 1 aliphatic heterocycles. The van der Waals surface area contributed by atoms with E-state index in [9.17, 15) is 18.0 Å². The van der Waals surface area contributed by atoms with Crippen molar-refractivity contribution in [2.75, 3.05) is 37.4 Å². The van der Waals surface area contributed by atoms with Crippen LogP contribution in [0.25, 0.3) is 0 Å². The van der Waals surface area contributed by atoms with Gasteiger partial charge in [-0.15, -0.1) is 0 Å². The van der Waals surface area contributed by atoms with Crippen LogP contribution in [0.2, 0.25) is 5.02 Å². The van der Waals surface area contributed by atoms with Gasteiger partial charge in [-0.1, -0.05) is 17.7 Å². The van der Waals surface area contributed by atoms with E-state index in [4.69, 9.17) is 11.6 Å². The highest BCUT2D eigenvalue weighted by Gasteiger charge is 2.25. The molecule has 178 valence electrons. The van der Waals surface area contributed by atoms with Gasteiger partial charge in [-0.05, 0) is 62.6 Å². The lowest BCUT2D eigenvalue weighted by atomic mass is 9.95. The van der Waals surface area contributed by atoms with Crippen LogP contribution < -0.4 is 15.5 Å². The van der Waals surface area contributed by atoms with Crippen molar-refractivity contribution in [3.63, 3.8) is 0 Å². The molecule has 2 amide bonds. The Labute approximate surface area is 200 Å². The average molecular weight is 493 g/mol. The monoisotopic (exact) mass is 492 g/mol. The molecule has 0 aromatic heterocycles. The smallest absolute Gasteiger partial charge is 0.251 e. The van der Waals surface area contributed by atoms with Gasteiger partial charge in [0.25, 0.3) is 5.91 Å². The van der Waals surface area contributed by atoms with Crippen LogP contribution >= 0.6 is 11.6 Å². The molecule has 0 fully saturated rings. The van der Waals surface area contributed by atoms with Gasteiger partial charge in [0.15, 0.2) is 0 Å². The summed E-state index contributed by atoms with van der Waals surface area (Å²) >= 11 is 6.21. The minimum absolute atomic E-state index is 0.0237. The maximum absolute atomic E-state index is 12.9. The van der Waals surface area contributed by atoms with Gasteiger partial charge in [-0.2, -0.15) is 0 Å². The average Bonchev–Trinajstić information content (AvgIpc) is 2.74. The van der Waals surface area contributed by atoms with E-state index in [2.05, 4.69) is 10.6 Å². The summed E-state index contributed by atoms with van der Waals surface area (Å²) < 4.78 is 25.9. The Morgan fingerprint density at radius 1 is 1.18 bits per heavy atom. The van der Waals surface area contributed by atoms with Crippen LogP contribution in [0.4, 0.5) is 11.4 Å². The van der Waals surface area contributed by atoms with E-state index in [1.165, 1.54) is 32.3 Å². The molecule has 3 rings (SSSR count). The van der Waals surface area contributed by atoms with Crippen molar-refractivity contribution in [1.29, 1.82) is 0 Å². The van der Waals surface area contributed by atoms with Crippen LogP contribution in [0.15, 0.2) is 41.3 Å². The highest BCUT2D eigenvalue weighted by molar-refractivity contribution is 7.89. The van der Waals surface area contributed by atoms with Gasteiger partial charge in [-0.25, -0.2) is 12.7 Å². The Kier molecular flexibility index (Phi) is 7.66. The molecule has 0 unspecified atom stereocenters. The lowest BCUT2D eigenvalue weighted by molar-refractivity contribution is -0.115. The fourth-order valence-electron chi connectivity index (χ4n) is 3.75. The maximum atomic E-state index is 12.9. The minimum Gasteiger partial charge on any atom is -0.362 e. The van der Waals surface area contributed by atoms with Crippen molar-refractivity contribution < 1.29 is 18.0 Å². The number of carbonyl (C=O) groups is 2. The molecule has 2 aromatic carbocycles. The van der Waals surface area contributed by atoms with Crippen LogP contribution in [0.5, 0.6) is 0 Å². The lowest BCUT2D eigenvalue weighted by Gasteiger charge is -2.32. The molecule has 2 N–H and O–H groups in total. The van der Waals surface area contributed by atoms with Crippen LogP contribution in [0.1, 0.15) is 36.2 Å². The molecule has 10 heteroatoms. The Hall–Kier alpha value is -2.62. The molecule has 33 heavy (non-hydrogen) atoms. The van der Waals surface area contributed by atoms with Gasteiger partial charge in [0.1, 0.15) is 0 Å². The molecule has 1 aliphatic rings. The molecule has 0 saturated heterocycles. The molecule has 0 atom stereocenters. The predicted molar refractivity (Wildman–Crippen MR) is 131 cm³/mol.